The lowest BCUT2D eigenvalue weighted by Gasteiger charge is -2.41. The molecule has 0 spiro atoms. The van der Waals surface area contributed by atoms with Gasteiger partial charge in [-0.2, -0.15) is 0 Å². The van der Waals surface area contributed by atoms with Gasteiger partial charge in [0.2, 0.25) is 10.0 Å². The number of nitrogens with one attached hydrogen (secondary N) is 3. The number of guanidine groups is 1. The summed E-state index contributed by atoms with van der Waals surface area (Å²) in [7, 11) is -1.63. The Morgan fingerprint density at radius 2 is 1.73 bits per heavy atom. The van der Waals surface area contributed by atoms with Gasteiger partial charge in [-0.15, -0.1) is 24.0 Å². The minimum absolute atomic E-state index is 0. The van der Waals surface area contributed by atoms with E-state index in [1.54, 1.807) is 19.2 Å². The molecule has 0 amide bonds. The number of nitrogens with zero attached hydrogens (tertiary/aromatic N) is 2. The van der Waals surface area contributed by atoms with Crippen LogP contribution in [0.4, 0.5) is 0 Å². The molecule has 1 aliphatic carbocycles. The lowest BCUT2D eigenvalue weighted by molar-refractivity contribution is 0.0982. The second-order valence-electron chi connectivity index (χ2n) is 8.68. The van der Waals surface area contributed by atoms with Crippen molar-refractivity contribution in [3.05, 3.63) is 29.8 Å². The smallest absolute Gasteiger partial charge is 0.240 e. The first-order chi connectivity index (χ1) is 13.8. The van der Waals surface area contributed by atoms with Gasteiger partial charge in [0.15, 0.2) is 5.96 Å². The molecule has 1 saturated carbocycles. The highest BCUT2D eigenvalue weighted by Crippen LogP contribution is 2.22. The molecule has 1 aliphatic heterocycles. The van der Waals surface area contributed by atoms with E-state index in [2.05, 4.69) is 39.1 Å². The molecule has 1 aromatic carbocycles. The van der Waals surface area contributed by atoms with Crippen LogP contribution in [0.15, 0.2) is 34.2 Å². The zero-order valence-electron chi connectivity index (χ0n) is 18.3. The predicted molar refractivity (Wildman–Crippen MR) is 133 cm³/mol. The van der Waals surface area contributed by atoms with Gasteiger partial charge >= 0.3 is 0 Å². The zero-order valence-corrected chi connectivity index (χ0v) is 21.4. The summed E-state index contributed by atoms with van der Waals surface area (Å²) in [5.41, 5.74) is 1.08. The van der Waals surface area contributed by atoms with Crippen LogP contribution in [0, 0.1) is 0 Å². The summed E-state index contributed by atoms with van der Waals surface area (Å²) >= 11 is 0. The van der Waals surface area contributed by atoms with Gasteiger partial charge in [0.25, 0.3) is 0 Å². The van der Waals surface area contributed by atoms with Crippen molar-refractivity contribution in [2.45, 2.75) is 69.0 Å². The van der Waals surface area contributed by atoms with Crippen molar-refractivity contribution in [2.75, 3.05) is 26.7 Å². The summed E-state index contributed by atoms with van der Waals surface area (Å²) in [6.45, 7) is 8.26. The molecule has 3 rings (SSSR count). The Kier molecular flexibility index (Phi) is 9.38. The molecule has 2 aliphatic rings. The van der Waals surface area contributed by atoms with E-state index in [1.807, 2.05) is 12.1 Å². The number of piperidine rings is 1. The number of aliphatic imine (C=N–C) groups is 1. The lowest BCUT2D eigenvalue weighted by atomic mass is 9.98. The first-order valence-electron chi connectivity index (χ1n) is 10.6. The fraction of sp³-hybridized carbons (Fsp3) is 0.667. The first-order valence-corrected chi connectivity index (χ1v) is 12.1. The van der Waals surface area contributed by atoms with E-state index in [1.165, 1.54) is 19.3 Å². The largest absolute Gasteiger partial charge is 0.355 e. The number of hydrogen-bond donors (Lipinski definition) is 3. The number of sulfonamides is 1. The van der Waals surface area contributed by atoms with E-state index in [-0.39, 0.29) is 35.6 Å². The molecule has 30 heavy (non-hydrogen) atoms. The van der Waals surface area contributed by atoms with Crippen molar-refractivity contribution in [1.29, 1.82) is 0 Å². The monoisotopic (exact) mass is 549 g/mol. The molecular formula is C21H36IN5O2S. The Hall–Kier alpha value is -0.910. The predicted octanol–water partition coefficient (Wildman–Crippen LogP) is 2.67. The average molecular weight is 550 g/mol. The van der Waals surface area contributed by atoms with Crippen LogP contribution < -0.4 is 15.4 Å². The van der Waals surface area contributed by atoms with Gasteiger partial charge in [0, 0.05) is 31.7 Å². The third-order valence-electron chi connectivity index (χ3n) is 5.72. The van der Waals surface area contributed by atoms with Crippen LogP contribution in [-0.2, 0) is 16.6 Å². The van der Waals surface area contributed by atoms with Crippen LogP contribution in [0.2, 0.25) is 0 Å². The van der Waals surface area contributed by atoms with Crippen LogP contribution >= 0.6 is 24.0 Å². The molecule has 1 heterocycles. The first kappa shape index (κ1) is 25.4. The van der Waals surface area contributed by atoms with E-state index in [9.17, 15) is 8.42 Å². The third-order valence-corrected chi connectivity index (χ3v) is 7.25. The van der Waals surface area contributed by atoms with E-state index in [0.717, 1.165) is 44.0 Å². The van der Waals surface area contributed by atoms with Crippen LogP contribution in [0.3, 0.4) is 0 Å². The lowest BCUT2D eigenvalue weighted by Crippen LogP contribution is -2.54. The molecule has 1 saturated heterocycles. The van der Waals surface area contributed by atoms with Gasteiger partial charge in [-0.05, 0) is 70.3 Å². The van der Waals surface area contributed by atoms with Gasteiger partial charge in [0.1, 0.15) is 0 Å². The Labute approximate surface area is 198 Å². The van der Waals surface area contributed by atoms with Crippen LogP contribution in [0.5, 0.6) is 0 Å². The van der Waals surface area contributed by atoms with Crippen molar-refractivity contribution in [3.63, 3.8) is 0 Å². The molecule has 3 N–H and O–H groups in total. The second-order valence-corrected chi connectivity index (χ2v) is 10.4. The number of hydrogen-bond acceptors (Lipinski definition) is 4. The fourth-order valence-electron chi connectivity index (χ4n) is 3.59. The summed E-state index contributed by atoms with van der Waals surface area (Å²) in [5.74, 6) is 0.752. The molecule has 0 aromatic heterocycles. The van der Waals surface area contributed by atoms with E-state index < -0.39 is 10.0 Å². The summed E-state index contributed by atoms with van der Waals surface area (Å²) in [4.78, 5) is 7.18. The Morgan fingerprint density at radius 3 is 2.30 bits per heavy atom. The topological polar surface area (TPSA) is 85.8 Å². The molecule has 0 unspecified atom stereocenters. The van der Waals surface area contributed by atoms with E-state index in [0.29, 0.717) is 11.4 Å². The van der Waals surface area contributed by atoms with Crippen LogP contribution in [0.25, 0.3) is 0 Å². The molecule has 1 aromatic rings. The van der Waals surface area contributed by atoms with E-state index in [4.69, 9.17) is 0 Å². The normalized spacial score (nSPS) is 18.6. The van der Waals surface area contributed by atoms with Gasteiger partial charge in [0.05, 0.1) is 4.90 Å². The molecule has 170 valence electrons. The minimum atomic E-state index is -3.40. The second kappa shape index (κ2) is 11.1. The standard InChI is InChI=1S/C21H35N5O2S.HI/c1-21(2,26-13-5-4-6-14-26)16-24-20(22-3)23-15-17-7-11-19(12-8-17)29(27,28)25-18-9-10-18;/h7-8,11-12,18,25H,4-6,9-10,13-16H2,1-3H3,(H2,22,23,24);1H. The van der Waals surface area contributed by atoms with Gasteiger partial charge in [-0.3, -0.25) is 9.89 Å². The maximum Gasteiger partial charge on any atom is 0.240 e. The number of likely N-dealkylation sites (tertiary alicyclic amines) is 1. The van der Waals surface area contributed by atoms with E-state index >= 15 is 0 Å². The highest BCUT2D eigenvalue weighted by molar-refractivity contribution is 14.0. The van der Waals surface area contributed by atoms with Crippen molar-refractivity contribution in [3.8, 4) is 0 Å². The van der Waals surface area contributed by atoms with Gasteiger partial charge < -0.3 is 10.6 Å². The van der Waals surface area contributed by atoms with Crippen LogP contribution in [-0.4, -0.2) is 57.5 Å². The minimum Gasteiger partial charge on any atom is -0.355 e. The molecule has 9 heteroatoms. The third kappa shape index (κ3) is 7.35. The Morgan fingerprint density at radius 1 is 1.10 bits per heavy atom. The Bertz CT molecular complexity index is 801. The number of halogens is 1. The van der Waals surface area contributed by atoms with Gasteiger partial charge in [-0.1, -0.05) is 18.6 Å². The highest BCUT2D eigenvalue weighted by Gasteiger charge is 2.28. The number of benzene rings is 1. The quantitative estimate of drug-likeness (QED) is 0.264. The highest BCUT2D eigenvalue weighted by atomic mass is 127. The average Bonchev–Trinajstić information content (AvgIpc) is 3.52. The van der Waals surface area contributed by atoms with Crippen molar-refractivity contribution >= 4 is 40.0 Å². The molecule has 0 radical (unpaired) electrons. The van der Waals surface area contributed by atoms with Crippen molar-refractivity contribution in [1.82, 2.24) is 20.3 Å². The van der Waals surface area contributed by atoms with Crippen molar-refractivity contribution < 1.29 is 8.42 Å². The van der Waals surface area contributed by atoms with Gasteiger partial charge in [-0.25, -0.2) is 13.1 Å². The molecular weight excluding hydrogens is 513 g/mol. The maximum atomic E-state index is 12.3. The van der Waals surface area contributed by atoms with Crippen molar-refractivity contribution in [2.24, 2.45) is 4.99 Å². The molecule has 2 fully saturated rings. The van der Waals surface area contributed by atoms with Crippen LogP contribution in [0.1, 0.15) is 51.5 Å². The molecule has 7 nitrogen and oxygen atoms in total. The zero-order chi connectivity index (χ0) is 20.9. The fourth-order valence-corrected chi connectivity index (χ4v) is 4.90. The molecule has 0 atom stereocenters. The molecule has 0 bridgehead atoms. The summed E-state index contributed by atoms with van der Waals surface area (Å²) < 4.78 is 27.2. The summed E-state index contributed by atoms with van der Waals surface area (Å²) in [6, 6.07) is 7.14. The maximum absolute atomic E-state index is 12.3. The summed E-state index contributed by atoms with van der Waals surface area (Å²) in [5, 5.41) is 6.75. The summed E-state index contributed by atoms with van der Waals surface area (Å²) in [6.07, 6.45) is 5.75. The SMILES string of the molecule is CN=C(NCc1ccc(S(=O)(=O)NC2CC2)cc1)NCC(C)(C)N1CCCCC1.I. The Balaban J connectivity index is 0.00000320. The number of rotatable bonds is 8.